The van der Waals surface area contributed by atoms with Crippen molar-refractivity contribution < 1.29 is 13.9 Å². The van der Waals surface area contributed by atoms with Gasteiger partial charge >= 0.3 is 0 Å². The summed E-state index contributed by atoms with van der Waals surface area (Å²) in [5, 5.41) is 3.75. The summed E-state index contributed by atoms with van der Waals surface area (Å²) in [4.78, 5) is 10.9. The Morgan fingerprint density at radius 2 is 1.87 bits per heavy atom. The zero-order valence-corrected chi connectivity index (χ0v) is 19.5. The molecule has 0 amide bonds. The maximum absolute atomic E-state index is 14.2. The van der Waals surface area contributed by atoms with Crippen LogP contribution in [0.3, 0.4) is 0 Å². The van der Waals surface area contributed by atoms with E-state index in [0.29, 0.717) is 45.0 Å². The second-order valence-corrected chi connectivity index (χ2v) is 7.28. The quantitative estimate of drug-likeness (QED) is 0.424. The van der Waals surface area contributed by atoms with Gasteiger partial charge in [0.25, 0.3) is 0 Å². The Morgan fingerprint density at radius 3 is 2.53 bits per heavy atom. The predicted octanol–water partition coefficient (Wildman–Crippen LogP) is 5.43. The number of rotatable bonds is 9. The molecule has 162 valence electrons. The smallest absolute Gasteiger partial charge is 0.163 e. The molecular formula is C21H25BrClFN4O2. The van der Waals surface area contributed by atoms with Crippen molar-refractivity contribution >= 4 is 50.7 Å². The number of ether oxygens (including phenoxy) is 2. The van der Waals surface area contributed by atoms with Gasteiger partial charge in [-0.15, -0.1) is 12.4 Å². The second-order valence-electron chi connectivity index (χ2n) is 6.37. The number of anilines is 2. The molecule has 0 bridgehead atoms. The van der Waals surface area contributed by atoms with Crippen molar-refractivity contribution in [3.8, 4) is 11.5 Å². The van der Waals surface area contributed by atoms with E-state index in [-0.39, 0.29) is 18.2 Å². The summed E-state index contributed by atoms with van der Waals surface area (Å²) in [7, 11) is 1.59. The molecule has 6 nitrogen and oxygen atoms in total. The first kappa shape index (κ1) is 24.1. The van der Waals surface area contributed by atoms with Crippen LogP contribution in [-0.4, -0.2) is 48.2 Å². The summed E-state index contributed by atoms with van der Waals surface area (Å²) >= 11 is 3.26. The molecular weight excluding hydrogens is 475 g/mol. The number of hydrogen-bond donors (Lipinski definition) is 1. The third kappa shape index (κ3) is 5.71. The van der Waals surface area contributed by atoms with E-state index >= 15 is 0 Å². The number of methoxy groups -OCH3 is 1. The molecule has 0 aliphatic carbocycles. The Bertz CT molecular complexity index is 989. The summed E-state index contributed by atoms with van der Waals surface area (Å²) < 4.78 is 26.3. The van der Waals surface area contributed by atoms with E-state index in [1.165, 1.54) is 12.4 Å². The van der Waals surface area contributed by atoms with Crippen LogP contribution < -0.4 is 14.8 Å². The van der Waals surface area contributed by atoms with Crippen LogP contribution in [0.5, 0.6) is 11.5 Å². The van der Waals surface area contributed by atoms with Crippen molar-refractivity contribution in [1.29, 1.82) is 0 Å². The number of benzene rings is 2. The van der Waals surface area contributed by atoms with E-state index in [0.717, 1.165) is 19.6 Å². The Morgan fingerprint density at radius 1 is 1.10 bits per heavy atom. The molecule has 0 saturated heterocycles. The molecule has 0 atom stereocenters. The fourth-order valence-corrected chi connectivity index (χ4v) is 3.31. The van der Waals surface area contributed by atoms with Crippen molar-refractivity contribution in [3.05, 3.63) is 46.9 Å². The molecule has 1 N–H and O–H groups in total. The number of nitrogens with zero attached hydrogens (tertiary/aromatic N) is 3. The second kappa shape index (κ2) is 11.3. The number of fused-ring (bicyclic) bond motifs is 1. The van der Waals surface area contributed by atoms with Gasteiger partial charge in [-0.3, -0.25) is 0 Å². The third-order valence-corrected chi connectivity index (χ3v) is 5.16. The molecule has 0 fully saturated rings. The zero-order chi connectivity index (χ0) is 20.8. The Labute approximate surface area is 190 Å². The summed E-state index contributed by atoms with van der Waals surface area (Å²) in [6.07, 6.45) is 1.44. The molecule has 0 radical (unpaired) electrons. The minimum atomic E-state index is -0.380. The standard InChI is InChI=1S/C21H24BrFN4O2.ClH/c1-4-27(5-2)8-9-29-20-12-18-15(11-19(20)28-3)21(25-13-24-18)26-17-7-6-14(22)10-16(17)23;/h6-7,10-13H,4-5,8-9H2,1-3H3,(H,24,25,26);1H. The van der Waals surface area contributed by atoms with Crippen LogP contribution in [0.1, 0.15) is 13.8 Å². The Hall–Kier alpha value is -2.16. The minimum Gasteiger partial charge on any atom is -0.493 e. The molecule has 1 heterocycles. The highest BCUT2D eigenvalue weighted by Crippen LogP contribution is 2.35. The lowest BCUT2D eigenvalue weighted by Crippen LogP contribution is -2.27. The maximum atomic E-state index is 14.2. The fraction of sp³-hybridized carbons (Fsp3) is 0.333. The number of halogens is 3. The van der Waals surface area contributed by atoms with Crippen molar-refractivity contribution in [3.63, 3.8) is 0 Å². The van der Waals surface area contributed by atoms with Crippen molar-refractivity contribution in [1.82, 2.24) is 14.9 Å². The molecule has 9 heteroatoms. The monoisotopic (exact) mass is 498 g/mol. The predicted molar refractivity (Wildman–Crippen MR) is 124 cm³/mol. The van der Waals surface area contributed by atoms with E-state index < -0.39 is 0 Å². The number of aromatic nitrogens is 2. The summed E-state index contributed by atoms with van der Waals surface area (Å²) in [5.41, 5.74) is 1.00. The Kier molecular flexibility index (Phi) is 9.08. The molecule has 1 aromatic heterocycles. The van der Waals surface area contributed by atoms with Gasteiger partial charge in [-0.05, 0) is 37.4 Å². The molecule has 2 aromatic carbocycles. The third-order valence-electron chi connectivity index (χ3n) is 4.66. The van der Waals surface area contributed by atoms with E-state index in [2.05, 4.69) is 50.0 Å². The first-order valence-corrected chi connectivity index (χ1v) is 10.2. The van der Waals surface area contributed by atoms with Gasteiger partial charge in [0.15, 0.2) is 11.5 Å². The van der Waals surface area contributed by atoms with Crippen LogP contribution in [0.15, 0.2) is 41.1 Å². The average molecular weight is 500 g/mol. The number of likely N-dealkylation sites (N-methyl/N-ethyl adjacent to an activating group) is 1. The van der Waals surface area contributed by atoms with Crippen LogP contribution in [0.25, 0.3) is 10.9 Å². The van der Waals surface area contributed by atoms with Gasteiger partial charge in [0.2, 0.25) is 0 Å². The van der Waals surface area contributed by atoms with Crippen LogP contribution in [0.2, 0.25) is 0 Å². The molecule has 0 spiro atoms. The SMILES string of the molecule is CCN(CC)CCOc1cc2ncnc(Nc3ccc(Br)cc3F)c2cc1OC.Cl. The molecule has 0 aliphatic heterocycles. The molecule has 3 rings (SSSR count). The van der Waals surface area contributed by atoms with Crippen molar-refractivity contribution in [2.45, 2.75) is 13.8 Å². The lowest BCUT2D eigenvalue weighted by Gasteiger charge is -2.19. The first-order chi connectivity index (χ1) is 14.0. The Balaban J connectivity index is 0.00000320. The largest absolute Gasteiger partial charge is 0.493 e. The molecule has 0 aliphatic rings. The zero-order valence-electron chi connectivity index (χ0n) is 17.1. The van der Waals surface area contributed by atoms with Crippen LogP contribution in [0.4, 0.5) is 15.9 Å². The highest BCUT2D eigenvalue weighted by atomic mass is 79.9. The molecule has 0 unspecified atom stereocenters. The summed E-state index contributed by atoms with van der Waals surface area (Å²) in [6.45, 7) is 7.57. The molecule has 3 aromatic rings. The van der Waals surface area contributed by atoms with E-state index in [1.54, 1.807) is 25.3 Å². The number of nitrogens with one attached hydrogen (secondary N) is 1. The average Bonchev–Trinajstić information content (AvgIpc) is 2.72. The van der Waals surface area contributed by atoms with Gasteiger partial charge in [-0.25, -0.2) is 14.4 Å². The summed E-state index contributed by atoms with van der Waals surface area (Å²) in [6, 6.07) is 8.43. The van der Waals surface area contributed by atoms with Crippen molar-refractivity contribution in [2.24, 2.45) is 0 Å². The molecule has 0 saturated carbocycles. The topological polar surface area (TPSA) is 59.5 Å². The van der Waals surface area contributed by atoms with Crippen LogP contribution in [0, 0.1) is 5.82 Å². The van der Waals surface area contributed by atoms with Crippen molar-refractivity contribution in [2.75, 3.05) is 38.7 Å². The molecule has 30 heavy (non-hydrogen) atoms. The highest BCUT2D eigenvalue weighted by molar-refractivity contribution is 9.10. The van der Waals surface area contributed by atoms with Gasteiger partial charge < -0.3 is 19.7 Å². The van der Waals surface area contributed by atoms with Gasteiger partial charge in [-0.2, -0.15) is 0 Å². The normalized spacial score (nSPS) is 10.7. The number of hydrogen-bond acceptors (Lipinski definition) is 6. The lowest BCUT2D eigenvalue weighted by atomic mass is 10.2. The van der Waals surface area contributed by atoms with Gasteiger partial charge in [0.05, 0.1) is 18.3 Å². The van der Waals surface area contributed by atoms with E-state index in [1.807, 2.05) is 6.07 Å². The van der Waals surface area contributed by atoms with Crippen LogP contribution in [-0.2, 0) is 0 Å². The van der Waals surface area contributed by atoms with Gasteiger partial charge in [0, 0.05) is 22.5 Å². The lowest BCUT2D eigenvalue weighted by molar-refractivity contribution is 0.217. The van der Waals surface area contributed by atoms with Gasteiger partial charge in [0.1, 0.15) is 24.6 Å². The first-order valence-electron chi connectivity index (χ1n) is 9.45. The highest BCUT2D eigenvalue weighted by Gasteiger charge is 2.13. The van der Waals surface area contributed by atoms with E-state index in [9.17, 15) is 4.39 Å². The van der Waals surface area contributed by atoms with E-state index in [4.69, 9.17) is 9.47 Å². The van der Waals surface area contributed by atoms with Crippen LogP contribution >= 0.6 is 28.3 Å². The maximum Gasteiger partial charge on any atom is 0.163 e. The fourth-order valence-electron chi connectivity index (χ4n) is 2.98. The van der Waals surface area contributed by atoms with Gasteiger partial charge in [-0.1, -0.05) is 29.8 Å². The minimum absolute atomic E-state index is 0. The summed E-state index contributed by atoms with van der Waals surface area (Å²) in [5.74, 6) is 1.30.